The molecule has 1 aromatic heterocycles. The molecule has 0 aliphatic carbocycles. The van der Waals surface area contributed by atoms with E-state index in [1.54, 1.807) is 36.6 Å². The maximum atomic E-state index is 12.6. The first-order chi connectivity index (χ1) is 15.4. The van der Waals surface area contributed by atoms with E-state index in [2.05, 4.69) is 5.32 Å². The molecule has 0 aliphatic rings. The van der Waals surface area contributed by atoms with Crippen LogP contribution in [0.5, 0.6) is 5.75 Å². The summed E-state index contributed by atoms with van der Waals surface area (Å²) in [6.07, 6.45) is 3.28. The molecule has 1 heterocycles. The highest BCUT2D eigenvalue weighted by atomic mass is 35.5. The third-order valence-corrected chi connectivity index (χ3v) is 5.52. The minimum absolute atomic E-state index is 0.238. The highest BCUT2D eigenvalue weighted by Crippen LogP contribution is 2.37. The van der Waals surface area contributed by atoms with E-state index in [1.165, 1.54) is 0 Å². The van der Waals surface area contributed by atoms with Crippen molar-refractivity contribution in [1.29, 1.82) is 0 Å². The van der Waals surface area contributed by atoms with Gasteiger partial charge in [-0.3, -0.25) is 4.79 Å². The molecule has 162 valence electrons. The molecule has 0 saturated carbocycles. The van der Waals surface area contributed by atoms with Gasteiger partial charge in [0.1, 0.15) is 11.3 Å². The summed E-state index contributed by atoms with van der Waals surface area (Å²) in [6, 6.07) is 18.4. The fourth-order valence-electron chi connectivity index (χ4n) is 3.48. The van der Waals surface area contributed by atoms with E-state index in [-0.39, 0.29) is 5.91 Å². The number of hydrogen-bond acceptors (Lipinski definition) is 3. The summed E-state index contributed by atoms with van der Waals surface area (Å²) >= 11 is 11.9. The number of anilines is 1. The predicted octanol–water partition coefficient (Wildman–Crippen LogP) is 7.85. The van der Waals surface area contributed by atoms with Crippen LogP contribution in [0.25, 0.3) is 27.7 Å². The van der Waals surface area contributed by atoms with E-state index in [4.69, 9.17) is 32.4 Å². The van der Waals surface area contributed by atoms with E-state index in [9.17, 15) is 4.79 Å². The summed E-state index contributed by atoms with van der Waals surface area (Å²) < 4.78 is 11.6. The second kappa shape index (κ2) is 9.51. The molecule has 1 amide bonds. The van der Waals surface area contributed by atoms with Crippen molar-refractivity contribution >= 4 is 51.3 Å². The monoisotopic (exact) mass is 465 g/mol. The number of halogens is 2. The van der Waals surface area contributed by atoms with Gasteiger partial charge in [0.25, 0.3) is 0 Å². The summed E-state index contributed by atoms with van der Waals surface area (Å²) in [5, 5.41) is 5.06. The van der Waals surface area contributed by atoms with Crippen molar-refractivity contribution < 1.29 is 13.9 Å². The van der Waals surface area contributed by atoms with Gasteiger partial charge in [0.15, 0.2) is 0 Å². The normalized spacial score (nSPS) is 11.6. The summed E-state index contributed by atoms with van der Waals surface area (Å²) in [6.45, 7) is 4.29. The zero-order valence-corrected chi connectivity index (χ0v) is 19.1. The number of ether oxygens (including phenoxy) is 1. The number of furan rings is 1. The molecule has 0 atom stereocenters. The van der Waals surface area contributed by atoms with Crippen LogP contribution in [0.3, 0.4) is 0 Å². The topological polar surface area (TPSA) is 51.5 Å². The lowest BCUT2D eigenvalue weighted by Gasteiger charge is -2.12. The predicted molar refractivity (Wildman–Crippen MR) is 132 cm³/mol. The lowest BCUT2D eigenvalue weighted by atomic mass is 9.99. The number of benzene rings is 3. The molecule has 32 heavy (non-hydrogen) atoms. The van der Waals surface area contributed by atoms with Gasteiger partial charge in [0, 0.05) is 44.4 Å². The standard InChI is InChI=1S/C26H21Cl2NO3/c1-3-31-24-14-25-22(23(15-32-25)17-4-6-18(27)7-5-17)13-21(24)16(2)12-26(30)29-20-10-8-19(28)9-11-20/h4-15H,3H2,1-2H3,(H,29,30)/b16-12+. The highest BCUT2D eigenvalue weighted by Gasteiger charge is 2.15. The summed E-state index contributed by atoms with van der Waals surface area (Å²) in [4.78, 5) is 12.6. The van der Waals surface area contributed by atoms with Crippen LogP contribution in [-0.2, 0) is 4.79 Å². The van der Waals surface area contributed by atoms with Crippen LogP contribution in [0.15, 0.2) is 77.4 Å². The number of hydrogen-bond donors (Lipinski definition) is 1. The molecule has 0 unspecified atom stereocenters. The van der Waals surface area contributed by atoms with Gasteiger partial charge in [-0.15, -0.1) is 0 Å². The van der Waals surface area contributed by atoms with Crippen molar-refractivity contribution in [1.82, 2.24) is 0 Å². The van der Waals surface area contributed by atoms with Crippen LogP contribution in [0.2, 0.25) is 10.0 Å². The summed E-state index contributed by atoms with van der Waals surface area (Å²) in [5.41, 5.74) is 4.90. The summed E-state index contributed by atoms with van der Waals surface area (Å²) in [7, 11) is 0. The molecule has 4 nitrogen and oxygen atoms in total. The third kappa shape index (κ3) is 4.82. The van der Waals surface area contributed by atoms with E-state index < -0.39 is 0 Å². The minimum Gasteiger partial charge on any atom is -0.493 e. The van der Waals surface area contributed by atoms with Gasteiger partial charge in [-0.2, -0.15) is 0 Å². The molecule has 6 heteroatoms. The van der Waals surface area contributed by atoms with Crippen molar-refractivity contribution in [2.75, 3.05) is 11.9 Å². The molecule has 0 saturated heterocycles. The fourth-order valence-corrected chi connectivity index (χ4v) is 3.73. The van der Waals surface area contributed by atoms with Crippen LogP contribution >= 0.6 is 23.2 Å². The molecule has 0 spiro atoms. The number of allylic oxidation sites excluding steroid dienone is 1. The first kappa shape index (κ1) is 22.0. The molecule has 0 bridgehead atoms. The Labute approximate surface area is 196 Å². The zero-order valence-electron chi connectivity index (χ0n) is 17.6. The van der Waals surface area contributed by atoms with Crippen molar-refractivity contribution in [3.8, 4) is 16.9 Å². The molecule has 4 rings (SSSR count). The Morgan fingerprint density at radius 1 is 1.03 bits per heavy atom. The zero-order chi connectivity index (χ0) is 22.7. The molecule has 0 aliphatic heterocycles. The first-order valence-corrected chi connectivity index (χ1v) is 10.9. The van der Waals surface area contributed by atoms with E-state index in [1.807, 2.05) is 50.2 Å². The molecule has 3 aromatic carbocycles. The van der Waals surface area contributed by atoms with Gasteiger partial charge in [0.05, 0.1) is 12.9 Å². The van der Waals surface area contributed by atoms with E-state index in [0.29, 0.717) is 33.7 Å². The Balaban J connectivity index is 1.71. The summed E-state index contributed by atoms with van der Waals surface area (Å²) in [5.74, 6) is 0.419. The molecule has 4 aromatic rings. The van der Waals surface area contributed by atoms with Crippen LogP contribution in [0, 0.1) is 0 Å². The van der Waals surface area contributed by atoms with Crippen LogP contribution in [-0.4, -0.2) is 12.5 Å². The molecule has 1 N–H and O–H groups in total. The maximum absolute atomic E-state index is 12.6. The fraction of sp³-hybridized carbons (Fsp3) is 0.115. The van der Waals surface area contributed by atoms with Crippen LogP contribution in [0.1, 0.15) is 19.4 Å². The van der Waals surface area contributed by atoms with Gasteiger partial charge < -0.3 is 14.5 Å². The molecular weight excluding hydrogens is 445 g/mol. The van der Waals surface area contributed by atoms with Crippen molar-refractivity contribution in [3.63, 3.8) is 0 Å². The Morgan fingerprint density at radius 2 is 1.69 bits per heavy atom. The molecule has 0 fully saturated rings. The average molecular weight is 466 g/mol. The second-order valence-electron chi connectivity index (χ2n) is 7.26. The van der Waals surface area contributed by atoms with Gasteiger partial charge >= 0.3 is 0 Å². The van der Waals surface area contributed by atoms with Gasteiger partial charge in [-0.1, -0.05) is 35.3 Å². The third-order valence-electron chi connectivity index (χ3n) is 5.01. The van der Waals surface area contributed by atoms with E-state index in [0.717, 1.165) is 27.6 Å². The Hall–Kier alpha value is -3.21. The number of carbonyl (C=O) groups excluding carboxylic acids is 1. The lowest BCUT2D eigenvalue weighted by molar-refractivity contribution is -0.111. The van der Waals surface area contributed by atoms with Gasteiger partial charge in [0.2, 0.25) is 5.91 Å². The number of carbonyl (C=O) groups is 1. The first-order valence-electron chi connectivity index (χ1n) is 10.1. The largest absolute Gasteiger partial charge is 0.493 e. The number of fused-ring (bicyclic) bond motifs is 1. The van der Waals surface area contributed by atoms with Crippen LogP contribution in [0.4, 0.5) is 5.69 Å². The van der Waals surface area contributed by atoms with Crippen LogP contribution < -0.4 is 10.1 Å². The minimum atomic E-state index is -0.238. The van der Waals surface area contributed by atoms with Crippen molar-refractivity contribution in [2.45, 2.75) is 13.8 Å². The highest BCUT2D eigenvalue weighted by molar-refractivity contribution is 6.31. The number of amides is 1. The Bertz CT molecular complexity index is 1290. The van der Waals surface area contributed by atoms with Crippen molar-refractivity contribution in [2.24, 2.45) is 0 Å². The average Bonchev–Trinajstić information content (AvgIpc) is 3.18. The molecular formula is C26H21Cl2NO3. The van der Waals surface area contributed by atoms with Gasteiger partial charge in [-0.05, 0) is 67.4 Å². The SMILES string of the molecule is CCOc1cc2occ(-c3ccc(Cl)cc3)c2cc1/C(C)=C/C(=O)Nc1ccc(Cl)cc1. The number of rotatable bonds is 6. The van der Waals surface area contributed by atoms with Crippen molar-refractivity contribution in [3.05, 3.63) is 88.6 Å². The maximum Gasteiger partial charge on any atom is 0.248 e. The quantitative estimate of drug-likeness (QED) is 0.295. The van der Waals surface area contributed by atoms with E-state index >= 15 is 0 Å². The number of nitrogens with one attached hydrogen (secondary N) is 1. The van der Waals surface area contributed by atoms with Gasteiger partial charge in [-0.25, -0.2) is 0 Å². The Kier molecular flexibility index (Phi) is 6.54. The molecule has 0 radical (unpaired) electrons. The smallest absolute Gasteiger partial charge is 0.248 e. The lowest BCUT2D eigenvalue weighted by Crippen LogP contribution is -2.08. The second-order valence-corrected chi connectivity index (χ2v) is 8.13. The Morgan fingerprint density at radius 3 is 2.34 bits per heavy atom.